The molecule has 0 atom stereocenters. The van der Waals surface area contributed by atoms with Gasteiger partial charge in [0.05, 0.1) is 12.0 Å². The van der Waals surface area contributed by atoms with Crippen LogP contribution in [0.15, 0.2) is 24.3 Å². The Morgan fingerprint density at radius 3 is 2.54 bits per heavy atom. The predicted molar refractivity (Wildman–Crippen MR) is 100 cm³/mol. The molecule has 1 aromatic carbocycles. The first-order chi connectivity index (χ1) is 12.6. The molecule has 1 saturated heterocycles. The summed E-state index contributed by atoms with van der Waals surface area (Å²) in [5.41, 5.74) is 1.33. The van der Waals surface area contributed by atoms with Crippen LogP contribution >= 0.6 is 0 Å². The van der Waals surface area contributed by atoms with E-state index in [1.807, 2.05) is 0 Å². The van der Waals surface area contributed by atoms with Crippen molar-refractivity contribution in [3.63, 3.8) is 0 Å². The van der Waals surface area contributed by atoms with Crippen molar-refractivity contribution >= 4 is 23.4 Å². The molecule has 7 heteroatoms. The second-order valence-electron chi connectivity index (χ2n) is 6.82. The van der Waals surface area contributed by atoms with Crippen molar-refractivity contribution in [3.8, 4) is 0 Å². The average molecular weight is 359 g/mol. The van der Waals surface area contributed by atoms with Crippen LogP contribution in [0.1, 0.15) is 31.2 Å². The summed E-state index contributed by atoms with van der Waals surface area (Å²) >= 11 is 0. The number of benzene rings is 1. The highest BCUT2D eigenvalue weighted by atomic mass is 16.6. The zero-order chi connectivity index (χ0) is 18.5. The van der Waals surface area contributed by atoms with E-state index in [2.05, 4.69) is 14.5 Å². The molecule has 1 aliphatic heterocycles. The first kappa shape index (κ1) is 18.4. The number of ether oxygens (including phenoxy) is 1. The Morgan fingerprint density at radius 1 is 1.23 bits per heavy atom. The second kappa shape index (κ2) is 8.31. The smallest absolute Gasteiger partial charge is 0.330 e. The van der Waals surface area contributed by atoms with E-state index in [9.17, 15) is 14.9 Å². The highest BCUT2D eigenvalue weighted by Gasteiger charge is 2.28. The Kier molecular flexibility index (Phi) is 5.88. The summed E-state index contributed by atoms with van der Waals surface area (Å²) in [6, 6.07) is 5.78. The molecule has 1 aliphatic carbocycles. The Morgan fingerprint density at radius 2 is 1.92 bits per heavy atom. The van der Waals surface area contributed by atoms with Gasteiger partial charge >= 0.3 is 5.97 Å². The van der Waals surface area contributed by atoms with E-state index in [0.717, 1.165) is 26.2 Å². The number of nitro groups is 1. The summed E-state index contributed by atoms with van der Waals surface area (Å²) in [6.45, 7) is 3.50. The summed E-state index contributed by atoms with van der Waals surface area (Å²) < 4.78 is 4.55. The number of esters is 1. The number of piperazine rings is 1. The van der Waals surface area contributed by atoms with Gasteiger partial charge in [0.15, 0.2) is 0 Å². The van der Waals surface area contributed by atoms with Crippen LogP contribution in [0.5, 0.6) is 0 Å². The third-order valence-corrected chi connectivity index (χ3v) is 5.31. The first-order valence-electron chi connectivity index (χ1n) is 9.12. The van der Waals surface area contributed by atoms with Crippen molar-refractivity contribution in [3.05, 3.63) is 40.0 Å². The van der Waals surface area contributed by atoms with Gasteiger partial charge in [0.25, 0.3) is 5.69 Å². The molecule has 2 aliphatic rings. The topological polar surface area (TPSA) is 75.9 Å². The minimum absolute atomic E-state index is 0.0753. The monoisotopic (exact) mass is 359 g/mol. The molecular weight excluding hydrogens is 334 g/mol. The largest absolute Gasteiger partial charge is 0.466 e. The molecule has 0 unspecified atom stereocenters. The highest BCUT2D eigenvalue weighted by molar-refractivity contribution is 5.87. The van der Waals surface area contributed by atoms with Crippen molar-refractivity contribution < 1.29 is 14.5 Å². The number of hydrogen-bond acceptors (Lipinski definition) is 6. The van der Waals surface area contributed by atoms with Crippen LogP contribution in [0.3, 0.4) is 0 Å². The summed E-state index contributed by atoms with van der Waals surface area (Å²) in [5.74, 6) is -0.486. The third-order valence-electron chi connectivity index (χ3n) is 5.31. The molecule has 7 nitrogen and oxygen atoms in total. The number of methoxy groups -OCH3 is 1. The van der Waals surface area contributed by atoms with E-state index < -0.39 is 5.97 Å². The third kappa shape index (κ3) is 4.22. The maximum atomic E-state index is 11.5. The lowest BCUT2D eigenvalue weighted by atomic mass is 10.1. The van der Waals surface area contributed by atoms with E-state index in [1.165, 1.54) is 51.0 Å². The maximum absolute atomic E-state index is 11.5. The fourth-order valence-corrected chi connectivity index (χ4v) is 3.89. The van der Waals surface area contributed by atoms with E-state index in [0.29, 0.717) is 17.3 Å². The average Bonchev–Trinajstić information content (AvgIpc) is 3.20. The first-order valence-corrected chi connectivity index (χ1v) is 9.12. The van der Waals surface area contributed by atoms with Gasteiger partial charge in [-0.15, -0.1) is 0 Å². The molecule has 0 N–H and O–H groups in total. The van der Waals surface area contributed by atoms with Crippen molar-refractivity contribution in [2.75, 3.05) is 38.2 Å². The molecule has 1 heterocycles. The predicted octanol–water partition coefficient (Wildman–Crippen LogP) is 2.85. The number of carbonyl (C=O) groups excluding carboxylic acids is 1. The summed E-state index contributed by atoms with van der Waals surface area (Å²) in [4.78, 5) is 27.0. The van der Waals surface area contributed by atoms with Gasteiger partial charge < -0.3 is 9.64 Å². The molecule has 140 valence electrons. The van der Waals surface area contributed by atoms with Crippen molar-refractivity contribution in [2.24, 2.45) is 0 Å². The van der Waals surface area contributed by atoms with Crippen LogP contribution < -0.4 is 4.90 Å². The van der Waals surface area contributed by atoms with Crippen LogP contribution in [-0.2, 0) is 9.53 Å². The van der Waals surface area contributed by atoms with Crippen molar-refractivity contribution in [1.82, 2.24) is 4.90 Å². The fourth-order valence-electron chi connectivity index (χ4n) is 3.89. The highest BCUT2D eigenvalue weighted by Crippen LogP contribution is 2.32. The molecule has 0 bridgehead atoms. The molecule has 0 spiro atoms. The minimum atomic E-state index is -0.486. The van der Waals surface area contributed by atoms with Gasteiger partial charge in [-0.2, -0.15) is 0 Å². The molecule has 0 aromatic heterocycles. The zero-order valence-corrected chi connectivity index (χ0v) is 15.1. The van der Waals surface area contributed by atoms with E-state index >= 15 is 0 Å². The number of hydrogen-bond donors (Lipinski definition) is 0. The number of carbonyl (C=O) groups is 1. The Hall–Kier alpha value is -2.41. The van der Waals surface area contributed by atoms with Gasteiger partial charge in [-0.05, 0) is 30.5 Å². The summed E-state index contributed by atoms with van der Waals surface area (Å²) in [7, 11) is 1.30. The van der Waals surface area contributed by atoms with Gasteiger partial charge in [0.2, 0.25) is 0 Å². The summed E-state index contributed by atoms with van der Waals surface area (Å²) in [5, 5.41) is 11.5. The lowest BCUT2D eigenvalue weighted by Gasteiger charge is -2.38. The molecule has 0 radical (unpaired) electrons. The number of nitrogens with zero attached hydrogens (tertiary/aromatic N) is 3. The van der Waals surface area contributed by atoms with Gasteiger partial charge in [0.1, 0.15) is 5.69 Å². The normalized spacial score (nSPS) is 19.2. The quantitative estimate of drug-likeness (QED) is 0.348. The maximum Gasteiger partial charge on any atom is 0.330 e. The second-order valence-corrected chi connectivity index (χ2v) is 6.82. The number of rotatable bonds is 5. The lowest BCUT2D eigenvalue weighted by Crippen LogP contribution is -2.49. The van der Waals surface area contributed by atoms with Crippen LogP contribution in [0.4, 0.5) is 11.4 Å². The molecule has 1 aromatic rings. The van der Waals surface area contributed by atoms with Crippen molar-refractivity contribution in [2.45, 2.75) is 31.7 Å². The van der Waals surface area contributed by atoms with Crippen LogP contribution in [0, 0.1) is 10.1 Å². The SMILES string of the molecule is COC(=O)/C=C/c1ccc(N2CCN(C3CCCC3)CC2)c([N+](=O)[O-])c1. The van der Waals surface area contributed by atoms with Gasteiger partial charge in [-0.1, -0.05) is 18.9 Å². The Bertz CT molecular complexity index is 690. The minimum Gasteiger partial charge on any atom is -0.466 e. The fraction of sp³-hybridized carbons (Fsp3) is 0.526. The van der Waals surface area contributed by atoms with Gasteiger partial charge in [0, 0.05) is 44.4 Å². The van der Waals surface area contributed by atoms with E-state index in [4.69, 9.17) is 0 Å². The van der Waals surface area contributed by atoms with E-state index in [1.54, 1.807) is 12.1 Å². The van der Waals surface area contributed by atoms with Crippen molar-refractivity contribution in [1.29, 1.82) is 0 Å². The molecule has 1 saturated carbocycles. The molecular formula is C19H25N3O4. The van der Waals surface area contributed by atoms with Gasteiger partial charge in [-0.25, -0.2) is 4.79 Å². The van der Waals surface area contributed by atoms with Crippen LogP contribution in [0.25, 0.3) is 6.08 Å². The standard InChI is InChI=1S/C19H25N3O4/c1-26-19(23)9-7-15-6-8-17(18(14-15)22(24)25)21-12-10-20(11-13-21)16-4-2-3-5-16/h6-9,14,16H,2-5,10-13H2,1H3/b9-7+. The Balaban J connectivity index is 1.72. The number of anilines is 1. The zero-order valence-electron chi connectivity index (χ0n) is 15.1. The Labute approximate surface area is 153 Å². The molecule has 2 fully saturated rings. The van der Waals surface area contributed by atoms with Crippen LogP contribution in [0.2, 0.25) is 0 Å². The molecule has 3 rings (SSSR count). The van der Waals surface area contributed by atoms with Crippen LogP contribution in [-0.4, -0.2) is 55.1 Å². The van der Waals surface area contributed by atoms with Gasteiger partial charge in [-0.3, -0.25) is 15.0 Å². The lowest BCUT2D eigenvalue weighted by molar-refractivity contribution is -0.384. The van der Waals surface area contributed by atoms with E-state index in [-0.39, 0.29) is 10.6 Å². The summed E-state index contributed by atoms with van der Waals surface area (Å²) in [6.07, 6.45) is 7.98. The molecule has 0 amide bonds. The molecule has 26 heavy (non-hydrogen) atoms. The number of nitro benzene ring substituents is 1.